The molecule has 0 aliphatic rings. The highest BCUT2D eigenvalue weighted by Crippen LogP contribution is 1.84. The highest BCUT2D eigenvalue weighted by Gasteiger charge is 1.82. The van der Waals surface area contributed by atoms with Crippen molar-refractivity contribution in [2.45, 2.75) is 26.7 Å². The van der Waals surface area contributed by atoms with Crippen molar-refractivity contribution < 1.29 is 4.84 Å². The van der Waals surface area contributed by atoms with E-state index in [0.29, 0.717) is 0 Å². The Balaban J connectivity index is 2.53. The minimum Gasteiger partial charge on any atom is -0.282 e. The van der Waals surface area contributed by atoms with Crippen molar-refractivity contribution in [3.63, 3.8) is 0 Å². The van der Waals surface area contributed by atoms with Crippen molar-refractivity contribution in [2.75, 3.05) is 13.2 Å². The number of rotatable bonds is 5. The van der Waals surface area contributed by atoms with E-state index >= 15 is 0 Å². The van der Waals surface area contributed by atoms with Gasteiger partial charge in [0, 0.05) is 6.54 Å². The van der Waals surface area contributed by atoms with Crippen LogP contribution in [0.15, 0.2) is 0 Å². The van der Waals surface area contributed by atoms with Gasteiger partial charge in [0.2, 0.25) is 0 Å². The second-order valence-electron chi connectivity index (χ2n) is 1.63. The molecule has 49 valence electrons. The Morgan fingerprint density at radius 2 is 2.12 bits per heavy atom. The second-order valence-corrected chi connectivity index (χ2v) is 1.63. The predicted molar refractivity (Wildman–Crippen MR) is 33.5 cm³/mol. The second kappa shape index (κ2) is 6.92. The summed E-state index contributed by atoms with van der Waals surface area (Å²) in [5.74, 6) is 0. The van der Waals surface area contributed by atoms with Crippen molar-refractivity contribution >= 4 is 0 Å². The van der Waals surface area contributed by atoms with Gasteiger partial charge >= 0.3 is 0 Å². The smallest absolute Gasteiger partial charge is 0.0702 e. The Morgan fingerprint density at radius 1 is 1.38 bits per heavy atom. The molecule has 0 bridgehead atoms. The van der Waals surface area contributed by atoms with E-state index in [1.807, 2.05) is 6.92 Å². The third-order valence-corrected chi connectivity index (χ3v) is 0.810. The molecule has 0 fully saturated rings. The van der Waals surface area contributed by atoms with E-state index in [0.717, 1.165) is 19.6 Å². The van der Waals surface area contributed by atoms with Crippen LogP contribution in [0.3, 0.4) is 0 Å². The van der Waals surface area contributed by atoms with E-state index in [1.54, 1.807) is 0 Å². The van der Waals surface area contributed by atoms with Gasteiger partial charge in [0.25, 0.3) is 0 Å². The molecule has 0 spiro atoms. The first-order valence-corrected chi connectivity index (χ1v) is 3.20. The first-order valence-electron chi connectivity index (χ1n) is 3.20. The summed E-state index contributed by atoms with van der Waals surface area (Å²) in [7, 11) is 0. The first kappa shape index (κ1) is 7.92. The Hall–Kier alpha value is -0.0800. The largest absolute Gasteiger partial charge is 0.282 e. The number of unbranched alkanes of at least 4 members (excludes halogenated alkanes) is 1. The van der Waals surface area contributed by atoms with Crippen LogP contribution in [0.2, 0.25) is 0 Å². The third kappa shape index (κ3) is 5.92. The van der Waals surface area contributed by atoms with E-state index in [-0.39, 0.29) is 0 Å². The van der Waals surface area contributed by atoms with E-state index in [9.17, 15) is 0 Å². The van der Waals surface area contributed by atoms with E-state index in [2.05, 4.69) is 12.4 Å². The van der Waals surface area contributed by atoms with Gasteiger partial charge in [0.15, 0.2) is 0 Å². The van der Waals surface area contributed by atoms with Crippen molar-refractivity contribution in [3.8, 4) is 0 Å². The van der Waals surface area contributed by atoms with Gasteiger partial charge in [0.1, 0.15) is 0 Å². The zero-order valence-corrected chi connectivity index (χ0v) is 5.68. The molecule has 2 heteroatoms. The van der Waals surface area contributed by atoms with E-state index in [1.165, 1.54) is 6.42 Å². The zero-order chi connectivity index (χ0) is 6.24. The molecule has 0 unspecified atom stereocenters. The topological polar surface area (TPSA) is 23.3 Å². The molecule has 2 nitrogen and oxygen atoms in total. The Morgan fingerprint density at radius 3 is 2.62 bits per heavy atom. The normalized spacial score (nSPS) is 9.75. The van der Waals surface area contributed by atoms with Crippen LogP contribution in [0.5, 0.6) is 0 Å². The fourth-order valence-electron chi connectivity index (χ4n) is 0.365. The molecule has 0 N–H and O–H groups in total. The van der Waals surface area contributed by atoms with Crippen LogP contribution in [0.25, 0.3) is 0 Å². The van der Waals surface area contributed by atoms with Crippen molar-refractivity contribution in [2.24, 2.45) is 0 Å². The number of hydrogen-bond donors (Lipinski definition) is 0. The molecule has 0 saturated heterocycles. The molecule has 1 radical (unpaired) electrons. The van der Waals surface area contributed by atoms with Crippen molar-refractivity contribution in [3.05, 3.63) is 0 Å². The molecule has 0 aliphatic heterocycles. The number of hydroxylamine groups is 1. The average Bonchev–Trinajstić information content (AvgIpc) is 1.81. The molecule has 0 aromatic heterocycles. The molecular formula is C6H14NO. The fourth-order valence-corrected chi connectivity index (χ4v) is 0.365. The summed E-state index contributed by atoms with van der Waals surface area (Å²) in [5, 5.41) is 0. The lowest BCUT2D eigenvalue weighted by Gasteiger charge is -1.96. The van der Waals surface area contributed by atoms with Gasteiger partial charge in [-0.1, -0.05) is 18.8 Å². The molecule has 0 atom stereocenters. The van der Waals surface area contributed by atoms with Gasteiger partial charge in [-0.25, -0.2) is 0 Å². The Labute approximate surface area is 51.2 Å². The van der Waals surface area contributed by atoms with Gasteiger partial charge in [-0.05, 0) is 13.3 Å². The van der Waals surface area contributed by atoms with Crippen molar-refractivity contribution in [1.82, 2.24) is 5.48 Å². The van der Waals surface area contributed by atoms with Crippen LogP contribution in [-0.4, -0.2) is 13.2 Å². The first-order chi connectivity index (χ1) is 3.91. The molecule has 0 aromatic carbocycles. The summed E-state index contributed by atoms with van der Waals surface area (Å²) in [6.07, 6.45) is 2.29. The standard InChI is InChI=1S/C6H14NO/c1-3-5-6-8-7-4-2/h3-6H2,1-2H3. The molecular weight excluding hydrogens is 102 g/mol. The SMILES string of the molecule is CCCCO[N]CC. The van der Waals surface area contributed by atoms with Gasteiger partial charge in [-0.2, -0.15) is 0 Å². The lowest BCUT2D eigenvalue weighted by atomic mass is 10.4. The lowest BCUT2D eigenvalue weighted by Crippen LogP contribution is -2.05. The summed E-state index contributed by atoms with van der Waals surface area (Å²) in [4.78, 5) is 4.85. The molecule has 0 amide bonds. The third-order valence-electron chi connectivity index (χ3n) is 0.810. The summed E-state index contributed by atoms with van der Waals surface area (Å²) in [6.45, 7) is 5.65. The predicted octanol–water partition coefficient (Wildman–Crippen LogP) is 1.34. The minimum absolute atomic E-state index is 0.768. The summed E-state index contributed by atoms with van der Waals surface area (Å²) in [6, 6.07) is 0. The van der Waals surface area contributed by atoms with Gasteiger partial charge in [-0.3, -0.25) is 4.84 Å². The molecule has 0 rings (SSSR count). The fraction of sp³-hybridized carbons (Fsp3) is 1.00. The van der Waals surface area contributed by atoms with Crippen LogP contribution in [0.4, 0.5) is 0 Å². The molecule has 0 aromatic rings. The number of hydrogen-bond acceptors (Lipinski definition) is 1. The lowest BCUT2D eigenvalue weighted by molar-refractivity contribution is 0.0346. The quantitative estimate of drug-likeness (QED) is 0.392. The van der Waals surface area contributed by atoms with E-state index < -0.39 is 0 Å². The van der Waals surface area contributed by atoms with Crippen LogP contribution < -0.4 is 5.48 Å². The molecule has 0 aliphatic carbocycles. The summed E-state index contributed by atoms with van der Waals surface area (Å²) < 4.78 is 0. The number of nitrogens with zero attached hydrogens (tertiary/aromatic N) is 1. The van der Waals surface area contributed by atoms with Crippen LogP contribution in [-0.2, 0) is 4.84 Å². The Kier molecular flexibility index (Phi) is 6.85. The maximum absolute atomic E-state index is 4.85. The average molecular weight is 116 g/mol. The molecule has 8 heavy (non-hydrogen) atoms. The Bertz CT molecular complexity index is 33.5. The summed E-state index contributed by atoms with van der Waals surface area (Å²) >= 11 is 0. The maximum Gasteiger partial charge on any atom is 0.0702 e. The highest BCUT2D eigenvalue weighted by atomic mass is 16.6. The zero-order valence-electron chi connectivity index (χ0n) is 5.68. The summed E-state index contributed by atoms with van der Waals surface area (Å²) in [5.41, 5.74) is 3.71. The molecule has 0 saturated carbocycles. The minimum atomic E-state index is 0.768. The monoisotopic (exact) mass is 116 g/mol. The highest BCUT2D eigenvalue weighted by molar-refractivity contribution is 4.27. The van der Waals surface area contributed by atoms with Crippen LogP contribution in [0.1, 0.15) is 26.7 Å². The van der Waals surface area contributed by atoms with Gasteiger partial charge in [-0.15, -0.1) is 0 Å². The van der Waals surface area contributed by atoms with Gasteiger partial charge in [0.05, 0.1) is 6.61 Å². The van der Waals surface area contributed by atoms with Crippen molar-refractivity contribution in [1.29, 1.82) is 0 Å². The van der Waals surface area contributed by atoms with Gasteiger partial charge < -0.3 is 0 Å². The van der Waals surface area contributed by atoms with Crippen LogP contribution >= 0.6 is 0 Å². The van der Waals surface area contributed by atoms with E-state index in [4.69, 9.17) is 4.84 Å². The van der Waals surface area contributed by atoms with Crippen LogP contribution in [0, 0.1) is 0 Å². The molecule has 0 heterocycles. The maximum atomic E-state index is 4.85.